The summed E-state index contributed by atoms with van der Waals surface area (Å²) in [4.78, 5) is 23.5. The zero-order valence-electron chi connectivity index (χ0n) is 21.3. The number of likely N-dealkylation sites (N-methyl/N-ethyl adjacent to an activating group) is 1. The van der Waals surface area contributed by atoms with Gasteiger partial charge in [0.15, 0.2) is 0 Å². The summed E-state index contributed by atoms with van der Waals surface area (Å²) in [5.74, 6) is -0.831. The highest BCUT2D eigenvalue weighted by atomic mass is 32.2. The SMILES string of the molecule is CC(=O)Nc1ccc(S(=O)(=O)N(C)CC(=O)N/N=C\c2cc(C)n(-c3c(C)cccc3C)c2C)cc1. The lowest BCUT2D eigenvalue weighted by atomic mass is 10.1. The second-order valence-corrected chi connectivity index (χ2v) is 10.7. The van der Waals surface area contributed by atoms with Crippen molar-refractivity contribution in [1.82, 2.24) is 14.3 Å². The number of sulfonamides is 1. The van der Waals surface area contributed by atoms with Gasteiger partial charge in [-0.1, -0.05) is 18.2 Å². The third-order valence-electron chi connectivity index (χ3n) is 5.78. The number of nitrogens with zero attached hydrogens (tertiary/aromatic N) is 3. The first-order valence-corrected chi connectivity index (χ1v) is 12.8. The second kappa shape index (κ2) is 10.9. The number of hydrogen-bond acceptors (Lipinski definition) is 5. The first-order chi connectivity index (χ1) is 16.9. The van der Waals surface area contributed by atoms with Gasteiger partial charge in [-0.3, -0.25) is 9.59 Å². The van der Waals surface area contributed by atoms with Crippen molar-refractivity contribution in [2.24, 2.45) is 5.10 Å². The Morgan fingerprint density at radius 1 is 1.03 bits per heavy atom. The predicted molar refractivity (Wildman–Crippen MR) is 141 cm³/mol. The molecule has 10 heteroatoms. The Hall–Kier alpha value is -3.76. The van der Waals surface area contributed by atoms with Gasteiger partial charge in [0, 0.05) is 36.6 Å². The maximum atomic E-state index is 12.8. The average Bonchev–Trinajstić information content (AvgIpc) is 3.07. The normalized spacial score (nSPS) is 11.8. The minimum atomic E-state index is -3.90. The molecule has 2 aromatic carbocycles. The van der Waals surface area contributed by atoms with Crippen molar-refractivity contribution in [3.05, 3.63) is 76.6 Å². The Bertz CT molecular complexity index is 1400. The topological polar surface area (TPSA) is 113 Å². The summed E-state index contributed by atoms with van der Waals surface area (Å²) in [5, 5.41) is 6.62. The molecule has 0 saturated heterocycles. The molecule has 0 saturated carbocycles. The van der Waals surface area contributed by atoms with E-state index in [0.717, 1.165) is 38.1 Å². The van der Waals surface area contributed by atoms with E-state index in [1.54, 1.807) is 6.21 Å². The number of amides is 2. The van der Waals surface area contributed by atoms with Gasteiger partial charge in [0.2, 0.25) is 15.9 Å². The summed E-state index contributed by atoms with van der Waals surface area (Å²) in [6.45, 7) is 9.09. The zero-order valence-corrected chi connectivity index (χ0v) is 22.1. The van der Waals surface area contributed by atoms with E-state index >= 15 is 0 Å². The van der Waals surface area contributed by atoms with Crippen molar-refractivity contribution in [3.63, 3.8) is 0 Å². The quantitative estimate of drug-likeness (QED) is 0.358. The molecule has 0 spiro atoms. The van der Waals surface area contributed by atoms with Crippen LogP contribution < -0.4 is 10.7 Å². The van der Waals surface area contributed by atoms with Crippen LogP contribution in [0.15, 0.2) is 58.5 Å². The Morgan fingerprint density at radius 3 is 2.22 bits per heavy atom. The fourth-order valence-electron chi connectivity index (χ4n) is 4.01. The average molecular weight is 510 g/mol. The molecule has 0 fully saturated rings. The molecule has 0 aliphatic carbocycles. The zero-order chi connectivity index (χ0) is 26.6. The van der Waals surface area contributed by atoms with Gasteiger partial charge in [-0.2, -0.15) is 9.41 Å². The highest BCUT2D eigenvalue weighted by molar-refractivity contribution is 7.89. The van der Waals surface area contributed by atoms with Crippen LogP contribution in [0.1, 0.15) is 35.0 Å². The monoisotopic (exact) mass is 509 g/mol. The van der Waals surface area contributed by atoms with Gasteiger partial charge in [0.25, 0.3) is 5.91 Å². The molecule has 3 aromatic rings. The number of anilines is 1. The lowest BCUT2D eigenvalue weighted by Crippen LogP contribution is -2.36. The molecule has 1 heterocycles. The summed E-state index contributed by atoms with van der Waals surface area (Å²) in [7, 11) is -2.58. The maximum absolute atomic E-state index is 12.8. The van der Waals surface area contributed by atoms with Crippen LogP contribution in [0.4, 0.5) is 5.69 Å². The molecular weight excluding hydrogens is 478 g/mol. The van der Waals surface area contributed by atoms with E-state index < -0.39 is 22.5 Å². The van der Waals surface area contributed by atoms with Gasteiger partial charge in [-0.25, -0.2) is 13.8 Å². The molecule has 1 aromatic heterocycles. The van der Waals surface area contributed by atoms with Crippen molar-refractivity contribution in [1.29, 1.82) is 0 Å². The Balaban J connectivity index is 1.67. The van der Waals surface area contributed by atoms with Crippen LogP contribution >= 0.6 is 0 Å². The highest BCUT2D eigenvalue weighted by Crippen LogP contribution is 2.25. The number of rotatable bonds is 8. The Labute approximate surface area is 211 Å². The number of nitrogens with one attached hydrogen (secondary N) is 2. The predicted octanol–water partition coefficient (Wildman–Crippen LogP) is 3.44. The highest BCUT2D eigenvalue weighted by Gasteiger charge is 2.23. The summed E-state index contributed by atoms with van der Waals surface area (Å²) in [6.07, 6.45) is 1.56. The number of hydrazone groups is 1. The molecule has 0 bridgehead atoms. The fourth-order valence-corrected chi connectivity index (χ4v) is 5.14. The van der Waals surface area contributed by atoms with E-state index in [0.29, 0.717) is 5.69 Å². The molecule has 36 heavy (non-hydrogen) atoms. The van der Waals surface area contributed by atoms with E-state index in [-0.39, 0.29) is 10.8 Å². The van der Waals surface area contributed by atoms with E-state index in [1.165, 1.54) is 38.2 Å². The maximum Gasteiger partial charge on any atom is 0.255 e. The lowest BCUT2D eigenvalue weighted by Gasteiger charge is -2.16. The summed E-state index contributed by atoms with van der Waals surface area (Å²) in [6, 6.07) is 13.9. The molecule has 0 aliphatic heterocycles. The van der Waals surface area contributed by atoms with Crippen molar-refractivity contribution in [3.8, 4) is 5.69 Å². The van der Waals surface area contributed by atoms with Crippen LogP contribution in [0, 0.1) is 27.7 Å². The smallest absolute Gasteiger partial charge is 0.255 e. The van der Waals surface area contributed by atoms with E-state index in [2.05, 4.69) is 46.4 Å². The lowest BCUT2D eigenvalue weighted by molar-refractivity contribution is -0.121. The standard InChI is InChI=1S/C26H31N5O4S/c1-17-8-7-9-18(2)26(17)31-19(3)14-22(20(31)4)15-27-29-25(33)16-30(6)36(34,35)24-12-10-23(11-13-24)28-21(5)32/h7-15H,16H2,1-6H3,(H,28,32)(H,29,33)/b27-15-. The molecule has 9 nitrogen and oxygen atoms in total. The van der Waals surface area contributed by atoms with Crippen LogP contribution in [0.3, 0.4) is 0 Å². The number of benzene rings is 2. The fraction of sp³-hybridized carbons (Fsp3) is 0.269. The van der Waals surface area contributed by atoms with E-state index in [9.17, 15) is 18.0 Å². The Morgan fingerprint density at radius 2 is 1.64 bits per heavy atom. The number of hydrogen-bond donors (Lipinski definition) is 2. The molecule has 190 valence electrons. The third-order valence-corrected chi connectivity index (χ3v) is 7.59. The van der Waals surface area contributed by atoms with Crippen molar-refractivity contribution < 1.29 is 18.0 Å². The minimum Gasteiger partial charge on any atom is -0.326 e. The van der Waals surface area contributed by atoms with Gasteiger partial charge >= 0.3 is 0 Å². The Kier molecular flexibility index (Phi) is 8.11. The minimum absolute atomic E-state index is 0.00865. The second-order valence-electron chi connectivity index (χ2n) is 8.66. The van der Waals surface area contributed by atoms with Crippen molar-refractivity contribution >= 4 is 33.7 Å². The van der Waals surface area contributed by atoms with Crippen LogP contribution in [0.5, 0.6) is 0 Å². The molecule has 2 N–H and O–H groups in total. The molecule has 0 aliphatic rings. The summed E-state index contributed by atoms with van der Waals surface area (Å²) >= 11 is 0. The van der Waals surface area contributed by atoms with Gasteiger partial charge in [-0.15, -0.1) is 0 Å². The summed E-state index contributed by atoms with van der Waals surface area (Å²) < 4.78 is 28.7. The van der Waals surface area contributed by atoms with Crippen LogP contribution in [0.2, 0.25) is 0 Å². The number of para-hydroxylation sites is 1. The number of aryl methyl sites for hydroxylation is 3. The third kappa shape index (κ3) is 5.89. The molecule has 2 amide bonds. The van der Waals surface area contributed by atoms with Crippen molar-refractivity contribution in [2.45, 2.75) is 39.5 Å². The van der Waals surface area contributed by atoms with Crippen LogP contribution in [-0.4, -0.2) is 48.9 Å². The molecule has 0 radical (unpaired) electrons. The van der Waals surface area contributed by atoms with E-state index in [1.807, 2.05) is 26.0 Å². The summed E-state index contributed by atoms with van der Waals surface area (Å²) in [5.41, 5.74) is 9.17. The van der Waals surface area contributed by atoms with Gasteiger partial charge in [0.1, 0.15) is 0 Å². The molecular formula is C26H31N5O4S. The molecule has 3 rings (SSSR count). The van der Waals surface area contributed by atoms with Crippen molar-refractivity contribution in [2.75, 3.05) is 18.9 Å². The van der Waals surface area contributed by atoms with Gasteiger partial charge < -0.3 is 9.88 Å². The van der Waals surface area contributed by atoms with E-state index in [4.69, 9.17) is 0 Å². The van der Waals surface area contributed by atoms with Gasteiger partial charge in [-0.05, 0) is 69.2 Å². The van der Waals surface area contributed by atoms with Crippen LogP contribution in [-0.2, 0) is 19.6 Å². The number of carbonyl (C=O) groups excluding carboxylic acids is 2. The van der Waals surface area contributed by atoms with Crippen LogP contribution in [0.25, 0.3) is 5.69 Å². The van der Waals surface area contributed by atoms with Gasteiger partial charge in [0.05, 0.1) is 23.3 Å². The molecule has 0 atom stereocenters. The first-order valence-electron chi connectivity index (χ1n) is 11.3. The first kappa shape index (κ1) is 26.8. The molecule has 0 unspecified atom stereocenters. The number of aromatic nitrogens is 1. The largest absolute Gasteiger partial charge is 0.326 e. The number of carbonyl (C=O) groups is 2.